The number of carbonyl (C=O) groups is 1. The highest BCUT2D eigenvalue weighted by Crippen LogP contribution is 2.31. The molecule has 31 heavy (non-hydrogen) atoms. The summed E-state index contributed by atoms with van der Waals surface area (Å²) in [6.07, 6.45) is 1.46. The van der Waals surface area contributed by atoms with Crippen LogP contribution in [0.15, 0.2) is 46.3 Å². The van der Waals surface area contributed by atoms with Crippen molar-refractivity contribution in [3.8, 4) is 0 Å². The molecule has 0 fully saturated rings. The Kier molecular flexibility index (Phi) is 7.59. The predicted molar refractivity (Wildman–Crippen MR) is 126 cm³/mol. The molecule has 0 radical (unpaired) electrons. The number of hydrogen-bond donors (Lipinski definition) is 0. The second-order valence-electron chi connectivity index (χ2n) is 7.00. The summed E-state index contributed by atoms with van der Waals surface area (Å²) in [5.41, 5.74) is 1.00. The van der Waals surface area contributed by atoms with Gasteiger partial charge in [0.25, 0.3) is 5.91 Å². The Morgan fingerprint density at radius 2 is 1.61 bits per heavy atom. The third-order valence-electron chi connectivity index (χ3n) is 4.73. The van der Waals surface area contributed by atoms with Crippen molar-refractivity contribution >= 4 is 60.7 Å². The van der Waals surface area contributed by atoms with Gasteiger partial charge in [0.05, 0.1) is 25.2 Å². The highest BCUT2D eigenvalue weighted by atomic mass is 35.5. The third kappa shape index (κ3) is 4.88. The van der Waals surface area contributed by atoms with Crippen molar-refractivity contribution in [2.75, 3.05) is 13.1 Å². The van der Waals surface area contributed by atoms with Crippen molar-refractivity contribution in [3.05, 3.63) is 56.8 Å². The SMILES string of the molecule is CCCN(CCC)S(=O)(=O)c1ccc(C(=O)N=c2sc3c(Cl)ccc(Cl)c3n2C)cc1. The van der Waals surface area contributed by atoms with Gasteiger partial charge in [-0.05, 0) is 49.2 Å². The first-order chi connectivity index (χ1) is 14.7. The van der Waals surface area contributed by atoms with Crippen LogP contribution in [-0.4, -0.2) is 36.3 Å². The lowest BCUT2D eigenvalue weighted by atomic mass is 10.2. The van der Waals surface area contributed by atoms with Crippen LogP contribution >= 0.6 is 34.5 Å². The van der Waals surface area contributed by atoms with E-state index in [4.69, 9.17) is 23.2 Å². The molecule has 1 aromatic heterocycles. The van der Waals surface area contributed by atoms with Crippen molar-refractivity contribution < 1.29 is 13.2 Å². The van der Waals surface area contributed by atoms with Gasteiger partial charge in [0, 0.05) is 25.7 Å². The molecular formula is C21H23Cl2N3O3S2. The molecule has 0 aliphatic heterocycles. The zero-order chi connectivity index (χ0) is 22.8. The van der Waals surface area contributed by atoms with E-state index < -0.39 is 15.9 Å². The summed E-state index contributed by atoms with van der Waals surface area (Å²) in [7, 11) is -1.84. The molecule has 0 N–H and O–H groups in total. The van der Waals surface area contributed by atoms with Gasteiger partial charge in [0.2, 0.25) is 10.0 Å². The number of aromatic nitrogens is 1. The van der Waals surface area contributed by atoms with E-state index in [1.54, 1.807) is 23.7 Å². The Morgan fingerprint density at radius 3 is 2.16 bits per heavy atom. The first-order valence-electron chi connectivity index (χ1n) is 9.83. The zero-order valence-electron chi connectivity index (χ0n) is 17.4. The molecule has 0 atom stereocenters. The van der Waals surface area contributed by atoms with Crippen LogP contribution < -0.4 is 4.80 Å². The molecule has 1 heterocycles. The fourth-order valence-electron chi connectivity index (χ4n) is 3.21. The molecule has 6 nitrogen and oxygen atoms in total. The molecule has 1 amide bonds. The van der Waals surface area contributed by atoms with Gasteiger partial charge in [-0.3, -0.25) is 4.79 Å². The topological polar surface area (TPSA) is 71.7 Å². The minimum Gasteiger partial charge on any atom is -0.318 e. The van der Waals surface area contributed by atoms with Crippen molar-refractivity contribution in [1.29, 1.82) is 0 Å². The zero-order valence-corrected chi connectivity index (χ0v) is 20.6. The average molecular weight is 500 g/mol. The van der Waals surface area contributed by atoms with E-state index in [0.717, 1.165) is 17.5 Å². The van der Waals surface area contributed by atoms with Gasteiger partial charge in [-0.2, -0.15) is 9.30 Å². The molecular weight excluding hydrogens is 477 g/mol. The fraction of sp³-hybridized carbons (Fsp3) is 0.333. The van der Waals surface area contributed by atoms with Gasteiger partial charge < -0.3 is 4.57 Å². The van der Waals surface area contributed by atoms with Gasteiger partial charge in [-0.1, -0.05) is 48.4 Å². The van der Waals surface area contributed by atoms with Crippen molar-refractivity contribution in [2.24, 2.45) is 12.0 Å². The Morgan fingerprint density at radius 1 is 1.03 bits per heavy atom. The molecule has 0 aliphatic carbocycles. The number of hydrogen-bond acceptors (Lipinski definition) is 4. The van der Waals surface area contributed by atoms with E-state index in [9.17, 15) is 13.2 Å². The summed E-state index contributed by atoms with van der Waals surface area (Å²) >= 11 is 13.8. The van der Waals surface area contributed by atoms with Crippen molar-refractivity contribution in [2.45, 2.75) is 31.6 Å². The number of rotatable bonds is 7. The van der Waals surface area contributed by atoms with E-state index >= 15 is 0 Å². The molecule has 0 aliphatic rings. The summed E-state index contributed by atoms with van der Waals surface area (Å²) in [6.45, 7) is 4.80. The van der Waals surface area contributed by atoms with Crippen LogP contribution in [0.5, 0.6) is 0 Å². The van der Waals surface area contributed by atoms with Gasteiger partial charge in [-0.15, -0.1) is 0 Å². The molecule has 3 rings (SSSR count). The molecule has 10 heteroatoms. The van der Waals surface area contributed by atoms with Gasteiger partial charge in [0.15, 0.2) is 4.80 Å². The summed E-state index contributed by atoms with van der Waals surface area (Å²) in [4.78, 5) is 17.5. The molecule has 2 aromatic carbocycles. The quantitative estimate of drug-likeness (QED) is 0.453. The van der Waals surface area contributed by atoms with Crippen molar-refractivity contribution in [1.82, 2.24) is 8.87 Å². The summed E-state index contributed by atoms with van der Waals surface area (Å²) in [5.74, 6) is -0.475. The van der Waals surface area contributed by atoms with Gasteiger partial charge in [0.1, 0.15) is 0 Å². The second kappa shape index (κ2) is 9.83. The van der Waals surface area contributed by atoms with E-state index in [1.807, 2.05) is 13.8 Å². The maximum absolute atomic E-state index is 12.9. The summed E-state index contributed by atoms with van der Waals surface area (Å²) in [5, 5.41) is 1.05. The normalized spacial score (nSPS) is 12.8. The molecule has 166 valence electrons. The monoisotopic (exact) mass is 499 g/mol. The molecule has 0 saturated carbocycles. The Balaban J connectivity index is 1.94. The highest BCUT2D eigenvalue weighted by molar-refractivity contribution is 7.89. The predicted octanol–water partition coefficient (Wildman–Crippen LogP) is 5.10. The lowest BCUT2D eigenvalue weighted by Crippen LogP contribution is -2.32. The van der Waals surface area contributed by atoms with Crippen LogP contribution in [0.1, 0.15) is 37.0 Å². The summed E-state index contributed by atoms with van der Waals surface area (Å²) in [6, 6.07) is 9.28. The van der Waals surface area contributed by atoms with Crippen LogP contribution in [0.2, 0.25) is 10.0 Å². The maximum atomic E-state index is 12.9. The lowest BCUT2D eigenvalue weighted by molar-refractivity contribution is 0.0998. The number of nitrogens with zero attached hydrogens (tertiary/aromatic N) is 3. The largest absolute Gasteiger partial charge is 0.318 e. The number of fused-ring (bicyclic) bond motifs is 1. The first kappa shape index (κ1) is 23.9. The number of benzene rings is 2. The lowest BCUT2D eigenvalue weighted by Gasteiger charge is -2.21. The molecule has 0 unspecified atom stereocenters. The van der Waals surface area contributed by atoms with Gasteiger partial charge >= 0.3 is 0 Å². The first-order valence-corrected chi connectivity index (χ1v) is 12.8. The number of amides is 1. The van der Waals surface area contributed by atoms with Crippen molar-refractivity contribution in [3.63, 3.8) is 0 Å². The Labute approximate surface area is 195 Å². The van der Waals surface area contributed by atoms with Crippen LogP contribution in [0.25, 0.3) is 10.2 Å². The highest BCUT2D eigenvalue weighted by Gasteiger charge is 2.23. The smallest absolute Gasteiger partial charge is 0.279 e. The molecule has 3 aromatic rings. The van der Waals surface area contributed by atoms with E-state index in [2.05, 4.69) is 4.99 Å². The number of aryl methyl sites for hydroxylation is 1. The van der Waals surface area contributed by atoms with Crippen LogP contribution in [0.3, 0.4) is 0 Å². The Hall–Kier alpha value is -1.71. The van der Waals surface area contributed by atoms with Gasteiger partial charge in [-0.25, -0.2) is 8.42 Å². The minimum absolute atomic E-state index is 0.164. The van der Waals surface area contributed by atoms with Crippen LogP contribution in [0.4, 0.5) is 0 Å². The average Bonchev–Trinajstić information content (AvgIpc) is 3.08. The fourth-order valence-corrected chi connectivity index (χ4v) is 6.49. The number of thiazole rings is 1. The van der Waals surface area contributed by atoms with Crippen LogP contribution in [0, 0.1) is 0 Å². The second-order valence-corrected chi connectivity index (χ2v) is 10.7. The number of carbonyl (C=O) groups excluding carboxylic acids is 1. The minimum atomic E-state index is -3.60. The Bertz CT molecular complexity index is 1270. The van der Waals surface area contributed by atoms with E-state index in [-0.39, 0.29) is 4.90 Å². The molecule has 0 saturated heterocycles. The molecule has 0 bridgehead atoms. The number of sulfonamides is 1. The third-order valence-corrected chi connectivity index (χ3v) is 8.54. The number of halogens is 2. The van der Waals surface area contributed by atoms with E-state index in [1.165, 1.54) is 39.9 Å². The van der Waals surface area contributed by atoms with Crippen LogP contribution in [-0.2, 0) is 17.1 Å². The standard InChI is InChI=1S/C21H23Cl2N3O3S2/c1-4-12-26(13-5-2)31(28,29)15-8-6-14(7-9-15)20(27)24-21-25(3)18-16(22)10-11-17(23)19(18)30-21/h6-11H,4-5,12-13H2,1-3H3. The summed E-state index contributed by atoms with van der Waals surface area (Å²) < 4.78 is 29.7. The molecule has 0 spiro atoms. The van der Waals surface area contributed by atoms with E-state index in [0.29, 0.717) is 39.0 Å². The maximum Gasteiger partial charge on any atom is 0.279 e.